The van der Waals surface area contributed by atoms with Crippen LogP contribution in [0.2, 0.25) is 0 Å². The van der Waals surface area contributed by atoms with Gasteiger partial charge in [0.1, 0.15) is 17.0 Å². The minimum absolute atomic E-state index is 0.0237. The molecule has 1 aliphatic rings. The summed E-state index contributed by atoms with van der Waals surface area (Å²) in [5.41, 5.74) is 1.82. The van der Waals surface area contributed by atoms with E-state index in [4.69, 9.17) is 4.74 Å². The van der Waals surface area contributed by atoms with Gasteiger partial charge in [-0.3, -0.25) is 14.5 Å². The molecule has 182 valence electrons. The molecule has 0 radical (unpaired) electrons. The first-order valence-corrected chi connectivity index (χ1v) is 11.2. The third-order valence-electron chi connectivity index (χ3n) is 6.18. The second-order valence-corrected chi connectivity index (χ2v) is 8.78. The number of aromatic nitrogens is 3. The number of aliphatic hydroxyl groups excluding tert-OH is 1. The minimum atomic E-state index is -2.93. The molecule has 2 N–H and O–H groups in total. The van der Waals surface area contributed by atoms with Gasteiger partial charge in [0, 0.05) is 31.0 Å². The van der Waals surface area contributed by atoms with Gasteiger partial charge in [-0.1, -0.05) is 12.1 Å². The molecule has 0 bridgehead atoms. The van der Waals surface area contributed by atoms with Gasteiger partial charge in [0.05, 0.1) is 22.7 Å². The zero-order valence-corrected chi connectivity index (χ0v) is 19.3. The Bertz CT molecular complexity index is 1170. The van der Waals surface area contributed by atoms with E-state index in [0.29, 0.717) is 53.9 Å². The molecule has 1 aliphatic heterocycles. The van der Waals surface area contributed by atoms with E-state index in [1.165, 1.54) is 18.3 Å². The van der Waals surface area contributed by atoms with Crippen LogP contribution in [0.25, 0.3) is 22.3 Å². The fraction of sp³-hybridized carbons (Fsp3) is 0.458. The molecule has 8 nitrogen and oxygen atoms in total. The summed E-state index contributed by atoms with van der Waals surface area (Å²) in [4.78, 5) is 17.7. The highest BCUT2D eigenvalue weighted by Gasteiger charge is 2.39. The molecule has 1 saturated heterocycles. The van der Waals surface area contributed by atoms with Crippen molar-refractivity contribution < 1.29 is 28.2 Å². The minimum Gasteiger partial charge on any atom is -0.435 e. The van der Waals surface area contributed by atoms with Crippen molar-refractivity contribution in [3.8, 4) is 17.0 Å². The predicted octanol–water partition coefficient (Wildman–Crippen LogP) is 3.94. The Balaban J connectivity index is 1.71. The van der Waals surface area contributed by atoms with E-state index in [9.17, 15) is 18.7 Å². The van der Waals surface area contributed by atoms with Crippen molar-refractivity contribution >= 4 is 16.9 Å². The lowest BCUT2D eigenvalue weighted by atomic mass is 9.84. The summed E-state index contributed by atoms with van der Waals surface area (Å²) in [5.74, 6) is -0.321. The van der Waals surface area contributed by atoms with Gasteiger partial charge in [0.2, 0.25) is 0 Å². The molecule has 0 unspecified atom stereocenters. The number of ether oxygens (including phenoxy) is 2. The zero-order valence-electron chi connectivity index (χ0n) is 19.3. The molecule has 4 rings (SSSR count). The number of hydrogen-bond donors (Lipinski definition) is 2. The molecule has 2 aromatic heterocycles. The maximum absolute atomic E-state index is 13.2. The van der Waals surface area contributed by atoms with Gasteiger partial charge in [-0.2, -0.15) is 13.9 Å². The number of carbonyl (C=O) groups excluding carboxylic acids is 1. The number of alkyl halides is 2. The van der Waals surface area contributed by atoms with Gasteiger partial charge in [0.25, 0.3) is 5.91 Å². The highest BCUT2D eigenvalue weighted by molar-refractivity contribution is 5.99. The van der Waals surface area contributed by atoms with Crippen LogP contribution in [0.1, 0.15) is 50.0 Å². The molecule has 10 heteroatoms. The van der Waals surface area contributed by atoms with Crippen LogP contribution in [-0.4, -0.2) is 57.2 Å². The molecule has 34 heavy (non-hydrogen) atoms. The number of amides is 1. The summed E-state index contributed by atoms with van der Waals surface area (Å²) in [6.45, 7) is 3.55. The average Bonchev–Trinajstić information content (AvgIpc) is 3.18. The van der Waals surface area contributed by atoms with E-state index in [2.05, 4.69) is 20.1 Å². The Labute approximate surface area is 195 Å². The van der Waals surface area contributed by atoms with Crippen LogP contribution in [-0.2, 0) is 4.74 Å². The van der Waals surface area contributed by atoms with E-state index in [-0.39, 0.29) is 17.7 Å². The van der Waals surface area contributed by atoms with E-state index in [1.54, 1.807) is 29.8 Å². The van der Waals surface area contributed by atoms with Crippen LogP contribution >= 0.6 is 0 Å². The van der Waals surface area contributed by atoms with Crippen LogP contribution in [0.3, 0.4) is 0 Å². The Hall–Kier alpha value is -3.11. The van der Waals surface area contributed by atoms with Crippen LogP contribution in [0, 0.1) is 0 Å². The molecule has 1 aromatic carbocycles. The highest BCUT2D eigenvalue weighted by atomic mass is 19.3. The first-order valence-electron chi connectivity index (χ1n) is 11.2. The SMILES string of the molecule is CC(C)n1nc(-c2cccc(OC(F)F)c2)c2ncc(C(=O)NC3([C@H](C)O)CCOCC3)cc21. The van der Waals surface area contributed by atoms with E-state index < -0.39 is 18.3 Å². The molecule has 0 spiro atoms. The van der Waals surface area contributed by atoms with Gasteiger partial charge < -0.3 is 19.9 Å². The second-order valence-electron chi connectivity index (χ2n) is 8.78. The molecular formula is C24H28F2N4O4. The molecule has 0 aliphatic carbocycles. The third kappa shape index (κ3) is 4.74. The number of hydrogen-bond acceptors (Lipinski definition) is 6. The van der Waals surface area contributed by atoms with Gasteiger partial charge in [-0.05, 0) is 51.8 Å². The third-order valence-corrected chi connectivity index (χ3v) is 6.18. The summed E-state index contributed by atoms with van der Waals surface area (Å²) in [6, 6.07) is 7.95. The van der Waals surface area contributed by atoms with Crippen LogP contribution in [0.5, 0.6) is 5.75 Å². The van der Waals surface area contributed by atoms with E-state index in [0.717, 1.165) is 0 Å². The smallest absolute Gasteiger partial charge is 0.387 e. The topological polar surface area (TPSA) is 98.5 Å². The number of benzene rings is 1. The number of carbonyl (C=O) groups is 1. The number of aliphatic hydroxyl groups is 1. The van der Waals surface area contributed by atoms with E-state index >= 15 is 0 Å². The predicted molar refractivity (Wildman–Crippen MR) is 122 cm³/mol. The number of rotatable bonds is 7. The summed E-state index contributed by atoms with van der Waals surface area (Å²) in [7, 11) is 0. The quantitative estimate of drug-likeness (QED) is 0.538. The molecule has 3 aromatic rings. The monoisotopic (exact) mass is 474 g/mol. The lowest BCUT2D eigenvalue weighted by Crippen LogP contribution is -2.58. The van der Waals surface area contributed by atoms with Crippen LogP contribution < -0.4 is 10.1 Å². The standard InChI is InChI=1S/C24H28F2N4O4/c1-14(2)30-19-12-17(22(32)28-24(15(3)31)7-9-33-10-8-24)13-27-21(19)20(29-30)16-5-4-6-18(11-16)34-23(25)26/h4-6,11-15,23,31H,7-10H2,1-3H3,(H,28,32)/t15-/m0/s1. The van der Waals surface area contributed by atoms with Crippen molar-refractivity contribution in [2.75, 3.05) is 13.2 Å². The van der Waals surface area contributed by atoms with Crippen molar-refractivity contribution in [1.82, 2.24) is 20.1 Å². The summed E-state index contributed by atoms with van der Waals surface area (Å²) < 4.78 is 37.0. The molecule has 3 heterocycles. The lowest BCUT2D eigenvalue weighted by Gasteiger charge is -2.40. The van der Waals surface area contributed by atoms with Crippen LogP contribution in [0.15, 0.2) is 36.5 Å². The van der Waals surface area contributed by atoms with Crippen molar-refractivity contribution in [3.05, 3.63) is 42.1 Å². The summed E-state index contributed by atoms with van der Waals surface area (Å²) >= 11 is 0. The highest BCUT2D eigenvalue weighted by Crippen LogP contribution is 2.32. The Morgan fingerprint density at radius 3 is 2.62 bits per heavy atom. The van der Waals surface area contributed by atoms with Gasteiger partial charge in [0.15, 0.2) is 0 Å². The lowest BCUT2D eigenvalue weighted by molar-refractivity contribution is -0.0498. The van der Waals surface area contributed by atoms with Gasteiger partial charge in [-0.15, -0.1) is 0 Å². The maximum Gasteiger partial charge on any atom is 0.387 e. The van der Waals surface area contributed by atoms with Gasteiger partial charge >= 0.3 is 6.61 Å². The summed E-state index contributed by atoms with van der Waals surface area (Å²) in [5, 5.41) is 18.0. The number of fused-ring (bicyclic) bond motifs is 1. The Kier molecular flexibility index (Phi) is 6.81. The number of nitrogens with zero attached hydrogens (tertiary/aromatic N) is 3. The van der Waals surface area contributed by atoms with Crippen LogP contribution in [0.4, 0.5) is 8.78 Å². The molecule has 1 fully saturated rings. The number of nitrogens with one attached hydrogen (secondary N) is 1. The van der Waals surface area contributed by atoms with Gasteiger partial charge in [-0.25, -0.2) is 0 Å². The van der Waals surface area contributed by atoms with E-state index in [1.807, 2.05) is 13.8 Å². The van der Waals surface area contributed by atoms with Crippen molar-refractivity contribution in [2.24, 2.45) is 0 Å². The normalized spacial score (nSPS) is 16.7. The largest absolute Gasteiger partial charge is 0.435 e. The number of pyridine rings is 1. The Morgan fingerprint density at radius 2 is 1.97 bits per heavy atom. The van der Waals surface area contributed by atoms with Crippen molar-refractivity contribution in [1.29, 1.82) is 0 Å². The molecule has 1 amide bonds. The molecule has 1 atom stereocenters. The van der Waals surface area contributed by atoms with Crippen molar-refractivity contribution in [2.45, 2.75) is 57.9 Å². The second kappa shape index (κ2) is 9.63. The summed E-state index contributed by atoms with van der Waals surface area (Å²) in [6.07, 6.45) is 1.74. The fourth-order valence-corrected chi connectivity index (χ4v) is 4.23. The molecule has 0 saturated carbocycles. The fourth-order valence-electron chi connectivity index (χ4n) is 4.23. The first-order chi connectivity index (χ1) is 16.2. The average molecular weight is 475 g/mol. The Morgan fingerprint density at radius 1 is 1.24 bits per heavy atom. The maximum atomic E-state index is 13.2. The molecular weight excluding hydrogens is 446 g/mol. The van der Waals surface area contributed by atoms with Crippen molar-refractivity contribution in [3.63, 3.8) is 0 Å². The first kappa shape index (κ1) is 24.0. The zero-order chi connectivity index (χ0) is 24.5. The number of halogens is 2.